The van der Waals surface area contributed by atoms with Gasteiger partial charge in [0.25, 0.3) is 0 Å². The molecule has 0 atom stereocenters. The summed E-state index contributed by atoms with van der Waals surface area (Å²) in [6.07, 6.45) is -3.65. The Bertz CT molecular complexity index is 369. The molecule has 1 nitrogen and oxygen atoms in total. The normalized spacial score (nSPS) is 11.2. The minimum Gasteiger partial charge on any atom is -0.384 e. The van der Waals surface area contributed by atoms with Crippen LogP contribution in [0.4, 0.5) is 18.9 Å². The quantitative estimate of drug-likeness (QED) is 0.767. The minimum atomic E-state index is -4.31. The highest BCUT2D eigenvalue weighted by atomic mass is 19.4. The highest BCUT2D eigenvalue weighted by molar-refractivity contribution is 5.52. The van der Waals surface area contributed by atoms with Gasteiger partial charge in [0.05, 0.1) is 5.56 Å². The number of hydrogen-bond donors (Lipinski definition) is 1. The molecule has 0 fully saturated rings. The molecule has 0 spiro atoms. The van der Waals surface area contributed by atoms with Gasteiger partial charge >= 0.3 is 6.18 Å². The molecule has 1 aromatic carbocycles. The second kappa shape index (κ2) is 5.05. The third-order valence-corrected chi connectivity index (χ3v) is 2.10. The van der Waals surface area contributed by atoms with Crippen LogP contribution < -0.4 is 5.32 Å². The SMILES string of the molecule is C=C(C)CCNc1ccccc1C(F)(F)F. The number of rotatable bonds is 4. The standard InChI is InChI=1S/C12H14F3N/c1-9(2)7-8-16-11-6-4-3-5-10(11)12(13,14)15/h3-6,16H,1,7-8H2,2H3. The zero-order valence-corrected chi connectivity index (χ0v) is 9.06. The molecule has 88 valence electrons. The van der Waals surface area contributed by atoms with Crippen LogP contribution >= 0.6 is 0 Å². The lowest BCUT2D eigenvalue weighted by atomic mass is 10.1. The number of benzene rings is 1. The molecule has 16 heavy (non-hydrogen) atoms. The molecular formula is C12H14F3N. The predicted molar refractivity (Wildman–Crippen MR) is 59.4 cm³/mol. The third kappa shape index (κ3) is 3.61. The molecule has 1 N–H and O–H groups in total. The Balaban J connectivity index is 2.76. The number of para-hydroxylation sites is 1. The average molecular weight is 229 g/mol. The van der Waals surface area contributed by atoms with Crippen molar-refractivity contribution in [1.29, 1.82) is 0 Å². The van der Waals surface area contributed by atoms with E-state index in [0.717, 1.165) is 11.6 Å². The molecule has 0 saturated carbocycles. The summed E-state index contributed by atoms with van der Waals surface area (Å²) >= 11 is 0. The Kier molecular flexibility index (Phi) is 3.99. The summed E-state index contributed by atoms with van der Waals surface area (Å²) in [5.74, 6) is 0. The van der Waals surface area contributed by atoms with Gasteiger partial charge in [0, 0.05) is 12.2 Å². The van der Waals surface area contributed by atoms with Crippen LogP contribution in [-0.2, 0) is 6.18 Å². The van der Waals surface area contributed by atoms with E-state index in [2.05, 4.69) is 11.9 Å². The largest absolute Gasteiger partial charge is 0.418 e. The first-order valence-electron chi connectivity index (χ1n) is 4.95. The van der Waals surface area contributed by atoms with Gasteiger partial charge in [-0.05, 0) is 25.5 Å². The lowest BCUT2D eigenvalue weighted by molar-refractivity contribution is -0.136. The maximum Gasteiger partial charge on any atom is 0.418 e. The van der Waals surface area contributed by atoms with Gasteiger partial charge in [-0.1, -0.05) is 17.7 Å². The van der Waals surface area contributed by atoms with Crippen LogP contribution in [0.3, 0.4) is 0 Å². The van der Waals surface area contributed by atoms with E-state index < -0.39 is 11.7 Å². The first-order chi connectivity index (χ1) is 7.41. The van der Waals surface area contributed by atoms with E-state index in [1.807, 2.05) is 6.92 Å². The fourth-order valence-electron chi connectivity index (χ4n) is 1.30. The van der Waals surface area contributed by atoms with Crippen molar-refractivity contribution >= 4 is 5.69 Å². The van der Waals surface area contributed by atoms with Crippen LogP contribution in [0.25, 0.3) is 0 Å². The maximum absolute atomic E-state index is 12.6. The van der Waals surface area contributed by atoms with E-state index in [9.17, 15) is 13.2 Å². The molecule has 0 aliphatic carbocycles. The average Bonchev–Trinajstić information content (AvgIpc) is 2.16. The Labute approximate surface area is 93.0 Å². The number of halogens is 3. The molecule has 0 radical (unpaired) electrons. The third-order valence-electron chi connectivity index (χ3n) is 2.10. The number of alkyl halides is 3. The van der Waals surface area contributed by atoms with Crippen molar-refractivity contribution in [3.63, 3.8) is 0 Å². The second-order valence-electron chi connectivity index (χ2n) is 3.68. The minimum absolute atomic E-state index is 0.122. The molecule has 1 aromatic rings. The topological polar surface area (TPSA) is 12.0 Å². The van der Waals surface area contributed by atoms with E-state index >= 15 is 0 Å². The van der Waals surface area contributed by atoms with Crippen LogP contribution in [0.1, 0.15) is 18.9 Å². The van der Waals surface area contributed by atoms with Crippen molar-refractivity contribution in [1.82, 2.24) is 0 Å². The number of hydrogen-bond acceptors (Lipinski definition) is 1. The van der Waals surface area contributed by atoms with E-state index in [-0.39, 0.29) is 5.69 Å². The van der Waals surface area contributed by atoms with E-state index in [1.165, 1.54) is 12.1 Å². The molecule has 0 heterocycles. The van der Waals surface area contributed by atoms with Crippen LogP contribution in [0.5, 0.6) is 0 Å². The summed E-state index contributed by atoms with van der Waals surface area (Å²) in [6.45, 7) is 6.00. The van der Waals surface area contributed by atoms with Crippen LogP contribution in [0, 0.1) is 0 Å². The molecule has 0 saturated heterocycles. The van der Waals surface area contributed by atoms with E-state index in [4.69, 9.17) is 0 Å². The van der Waals surface area contributed by atoms with Gasteiger partial charge in [0.2, 0.25) is 0 Å². The highest BCUT2D eigenvalue weighted by Gasteiger charge is 2.32. The smallest absolute Gasteiger partial charge is 0.384 e. The van der Waals surface area contributed by atoms with Crippen LogP contribution in [0.15, 0.2) is 36.4 Å². The van der Waals surface area contributed by atoms with Gasteiger partial charge in [0.15, 0.2) is 0 Å². The Morgan fingerprint density at radius 1 is 1.31 bits per heavy atom. The summed E-state index contributed by atoms with van der Waals surface area (Å²) < 4.78 is 37.7. The van der Waals surface area contributed by atoms with E-state index in [0.29, 0.717) is 13.0 Å². The summed E-state index contributed by atoms with van der Waals surface area (Å²) in [5, 5.41) is 2.77. The van der Waals surface area contributed by atoms with Crippen molar-refractivity contribution in [3.8, 4) is 0 Å². The Morgan fingerprint density at radius 2 is 1.94 bits per heavy atom. The van der Waals surface area contributed by atoms with Crippen LogP contribution in [-0.4, -0.2) is 6.54 Å². The Morgan fingerprint density at radius 3 is 2.50 bits per heavy atom. The molecule has 0 bridgehead atoms. The van der Waals surface area contributed by atoms with Gasteiger partial charge in [-0.15, -0.1) is 6.58 Å². The number of nitrogens with one attached hydrogen (secondary N) is 1. The summed E-state index contributed by atoms with van der Waals surface area (Å²) in [7, 11) is 0. The lowest BCUT2D eigenvalue weighted by Gasteiger charge is -2.14. The lowest BCUT2D eigenvalue weighted by Crippen LogP contribution is -2.11. The first-order valence-corrected chi connectivity index (χ1v) is 4.95. The molecule has 4 heteroatoms. The molecule has 0 aromatic heterocycles. The van der Waals surface area contributed by atoms with Crippen LogP contribution in [0.2, 0.25) is 0 Å². The maximum atomic E-state index is 12.6. The van der Waals surface area contributed by atoms with Gasteiger partial charge in [-0.3, -0.25) is 0 Å². The fraction of sp³-hybridized carbons (Fsp3) is 0.333. The summed E-state index contributed by atoms with van der Waals surface area (Å²) in [4.78, 5) is 0. The zero-order chi connectivity index (χ0) is 12.2. The molecule has 1 rings (SSSR count). The van der Waals surface area contributed by atoms with Gasteiger partial charge in [-0.2, -0.15) is 13.2 Å². The van der Waals surface area contributed by atoms with Crippen molar-refractivity contribution in [2.75, 3.05) is 11.9 Å². The zero-order valence-electron chi connectivity index (χ0n) is 9.06. The van der Waals surface area contributed by atoms with Gasteiger partial charge < -0.3 is 5.32 Å². The molecular weight excluding hydrogens is 215 g/mol. The molecule has 0 amide bonds. The fourth-order valence-corrected chi connectivity index (χ4v) is 1.30. The van der Waals surface area contributed by atoms with Gasteiger partial charge in [-0.25, -0.2) is 0 Å². The van der Waals surface area contributed by atoms with Crippen molar-refractivity contribution in [3.05, 3.63) is 42.0 Å². The molecule has 0 unspecified atom stereocenters. The van der Waals surface area contributed by atoms with Crippen molar-refractivity contribution < 1.29 is 13.2 Å². The monoisotopic (exact) mass is 229 g/mol. The first kappa shape index (κ1) is 12.6. The number of anilines is 1. The molecule has 0 aliphatic rings. The van der Waals surface area contributed by atoms with E-state index in [1.54, 1.807) is 6.07 Å². The summed E-state index contributed by atoms with van der Waals surface area (Å²) in [5.41, 5.74) is 0.435. The highest BCUT2D eigenvalue weighted by Crippen LogP contribution is 2.34. The predicted octanol–water partition coefficient (Wildman–Crippen LogP) is 4.08. The molecule has 0 aliphatic heterocycles. The second-order valence-corrected chi connectivity index (χ2v) is 3.68. The van der Waals surface area contributed by atoms with Crippen molar-refractivity contribution in [2.24, 2.45) is 0 Å². The van der Waals surface area contributed by atoms with Crippen molar-refractivity contribution in [2.45, 2.75) is 19.5 Å². The summed E-state index contributed by atoms with van der Waals surface area (Å²) in [6, 6.07) is 5.47. The van der Waals surface area contributed by atoms with Gasteiger partial charge in [0.1, 0.15) is 0 Å². The Hall–Kier alpha value is -1.45.